The van der Waals surface area contributed by atoms with Crippen LogP contribution in [-0.2, 0) is 0 Å². The third kappa shape index (κ3) is 4.48. The number of nitrogens with two attached hydrogens (primary N) is 1. The minimum atomic E-state index is -0.276. The van der Waals surface area contributed by atoms with Gasteiger partial charge in [0, 0.05) is 16.6 Å². The number of thiophene rings is 1. The summed E-state index contributed by atoms with van der Waals surface area (Å²) in [5.41, 5.74) is 12.5. The van der Waals surface area contributed by atoms with Gasteiger partial charge in [0.05, 0.1) is 25.6 Å². The van der Waals surface area contributed by atoms with Crippen LogP contribution in [0.4, 0.5) is 11.4 Å². The fourth-order valence-corrected chi connectivity index (χ4v) is 5.04. The summed E-state index contributed by atoms with van der Waals surface area (Å²) in [4.78, 5) is 19.3. The number of methoxy groups -OCH3 is 2. The molecule has 0 fully saturated rings. The Labute approximate surface area is 213 Å². The number of aryl methyl sites for hydroxylation is 1. The number of benzene rings is 3. The predicted octanol–water partition coefficient (Wildman–Crippen LogP) is 6.79. The lowest BCUT2D eigenvalue weighted by Crippen LogP contribution is -2.11. The summed E-state index contributed by atoms with van der Waals surface area (Å²) in [5, 5.41) is 3.71. The van der Waals surface area contributed by atoms with Crippen LogP contribution >= 0.6 is 11.3 Å². The van der Waals surface area contributed by atoms with E-state index in [9.17, 15) is 4.79 Å². The van der Waals surface area contributed by atoms with Gasteiger partial charge in [-0.05, 0) is 72.6 Å². The number of hydrogen-bond acceptors (Lipinski definition) is 6. The number of nitrogen functional groups attached to an aromatic ring is 1. The molecule has 0 bridgehead atoms. The van der Waals surface area contributed by atoms with Crippen molar-refractivity contribution in [2.24, 2.45) is 0 Å². The van der Waals surface area contributed by atoms with Crippen molar-refractivity contribution in [1.82, 2.24) is 4.98 Å². The number of ether oxygens (including phenoxy) is 2. The van der Waals surface area contributed by atoms with Gasteiger partial charge in [0.25, 0.3) is 5.91 Å². The highest BCUT2D eigenvalue weighted by Gasteiger charge is 2.22. The van der Waals surface area contributed by atoms with Gasteiger partial charge in [0.2, 0.25) is 0 Å². The number of aromatic nitrogens is 1. The minimum Gasteiger partial charge on any atom is -0.497 e. The van der Waals surface area contributed by atoms with Crippen LogP contribution in [0, 0.1) is 6.92 Å². The Morgan fingerprint density at radius 1 is 0.861 bits per heavy atom. The zero-order valence-corrected chi connectivity index (χ0v) is 21.0. The molecule has 0 radical (unpaired) electrons. The molecule has 0 atom stereocenters. The Balaban J connectivity index is 1.62. The van der Waals surface area contributed by atoms with Crippen molar-refractivity contribution in [3.63, 3.8) is 0 Å². The predicted molar refractivity (Wildman–Crippen MR) is 147 cm³/mol. The molecule has 7 heteroatoms. The molecule has 0 aliphatic carbocycles. The topological polar surface area (TPSA) is 86.5 Å². The SMILES string of the molecule is COc1ccc(NC(=O)c2sc3nc(-c4ccc(OC)cc4)cc(-c4ccc(C)cc4)c3c2N)cc1. The Kier molecular flexibility index (Phi) is 6.31. The number of nitrogens with zero attached hydrogens (tertiary/aromatic N) is 1. The lowest BCUT2D eigenvalue weighted by Gasteiger charge is -2.10. The third-order valence-electron chi connectivity index (χ3n) is 6.00. The van der Waals surface area contributed by atoms with Crippen LogP contribution in [-0.4, -0.2) is 25.1 Å². The molecule has 2 aromatic heterocycles. The second-order valence-electron chi connectivity index (χ2n) is 8.36. The maximum Gasteiger partial charge on any atom is 0.267 e. The summed E-state index contributed by atoms with van der Waals surface area (Å²) in [6.07, 6.45) is 0. The van der Waals surface area contributed by atoms with E-state index in [0.717, 1.165) is 39.1 Å². The molecule has 0 unspecified atom stereocenters. The smallest absolute Gasteiger partial charge is 0.267 e. The number of carbonyl (C=O) groups excluding carboxylic acids is 1. The van der Waals surface area contributed by atoms with Gasteiger partial charge in [0.1, 0.15) is 21.2 Å². The van der Waals surface area contributed by atoms with E-state index in [0.29, 0.717) is 26.8 Å². The van der Waals surface area contributed by atoms with E-state index in [-0.39, 0.29) is 5.91 Å². The quantitative estimate of drug-likeness (QED) is 0.271. The average molecular weight is 496 g/mol. The van der Waals surface area contributed by atoms with Crippen LogP contribution in [0.2, 0.25) is 0 Å². The molecular weight excluding hydrogens is 470 g/mol. The monoisotopic (exact) mass is 495 g/mol. The molecule has 0 aliphatic rings. The van der Waals surface area contributed by atoms with Crippen molar-refractivity contribution in [1.29, 1.82) is 0 Å². The van der Waals surface area contributed by atoms with Gasteiger partial charge in [-0.15, -0.1) is 11.3 Å². The van der Waals surface area contributed by atoms with Gasteiger partial charge in [-0.25, -0.2) is 4.98 Å². The maximum absolute atomic E-state index is 13.2. The van der Waals surface area contributed by atoms with Gasteiger partial charge in [-0.2, -0.15) is 0 Å². The molecule has 5 aromatic rings. The Morgan fingerprint density at radius 3 is 2.06 bits per heavy atom. The molecule has 1 amide bonds. The average Bonchev–Trinajstić information content (AvgIpc) is 3.25. The van der Waals surface area contributed by atoms with E-state index in [4.69, 9.17) is 20.2 Å². The van der Waals surface area contributed by atoms with E-state index in [1.165, 1.54) is 11.3 Å². The van der Waals surface area contributed by atoms with Crippen LogP contribution < -0.4 is 20.5 Å². The number of anilines is 2. The van der Waals surface area contributed by atoms with Gasteiger partial charge < -0.3 is 20.5 Å². The van der Waals surface area contributed by atoms with Gasteiger partial charge in [-0.3, -0.25) is 4.79 Å². The Hall–Kier alpha value is -4.36. The fraction of sp³-hybridized carbons (Fsp3) is 0.103. The Bertz CT molecular complexity index is 1540. The second kappa shape index (κ2) is 9.71. The highest BCUT2D eigenvalue weighted by Crippen LogP contribution is 2.41. The third-order valence-corrected chi connectivity index (χ3v) is 7.10. The van der Waals surface area contributed by atoms with Crippen LogP contribution in [0.25, 0.3) is 32.6 Å². The summed E-state index contributed by atoms with van der Waals surface area (Å²) < 4.78 is 10.5. The summed E-state index contributed by atoms with van der Waals surface area (Å²) in [6.45, 7) is 2.05. The lowest BCUT2D eigenvalue weighted by atomic mass is 9.98. The van der Waals surface area contributed by atoms with Crippen LogP contribution in [0.1, 0.15) is 15.2 Å². The fourth-order valence-electron chi connectivity index (χ4n) is 4.02. The highest BCUT2D eigenvalue weighted by molar-refractivity contribution is 7.21. The van der Waals surface area contributed by atoms with Crippen molar-refractivity contribution in [2.75, 3.05) is 25.3 Å². The van der Waals surface area contributed by atoms with Crippen molar-refractivity contribution in [3.8, 4) is 33.9 Å². The summed E-state index contributed by atoms with van der Waals surface area (Å²) >= 11 is 1.29. The number of rotatable bonds is 6. The van der Waals surface area contributed by atoms with Crippen molar-refractivity contribution >= 4 is 38.8 Å². The van der Waals surface area contributed by atoms with Crippen molar-refractivity contribution < 1.29 is 14.3 Å². The first-order valence-electron chi connectivity index (χ1n) is 11.4. The van der Waals surface area contributed by atoms with Crippen LogP contribution in [0.3, 0.4) is 0 Å². The van der Waals surface area contributed by atoms with Gasteiger partial charge in [0.15, 0.2) is 0 Å². The second-order valence-corrected chi connectivity index (χ2v) is 9.36. The molecule has 180 valence electrons. The van der Waals surface area contributed by atoms with Crippen LogP contribution in [0.5, 0.6) is 11.5 Å². The van der Waals surface area contributed by atoms with Gasteiger partial charge >= 0.3 is 0 Å². The molecule has 5 rings (SSSR count). The van der Waals surface area contributed by atoms with E-state index in [1.807, 2.05) is 30.3 Å². The molecule has 0 saturated carbocycles. The van der Waals surface area contributed by atoms with Gasteiger partial charge in [-0.1, -0.05) is 29.8 Å². The molecule has 0 aliphatic heterocycles. The van der Waals surface area contributed by atoms with E-state index in [1.54, 1.807) is 38.5 Å². The number of carbonyl (C=O) groups is 1. The number of nitrogens with one attached hydrogen (secondary N) is 1. The maximum atomic E-state index is 13.2. The first-order chi connectivity index (χ1) is 17.5. The van der Waals surface area contributed by atoms with E-state index < -0.39 is 0 Å². The molecule has 2 heterocycles. The number of hydrogen-bond donors (Lipinski definition) is 2. The molecule has 3 N–H and O–H groups in total. The normalized spacial score (nSPS) is 10.9. The molecule has 36 heavy (non-hydrogen) atoms. The first-order valence-corrected chi connectivity index (χ1v) is 12.2. The van der Waals surface area contributed by atoms with Crippen molar-refractivity contribution in [2.45, 2.75) is 6.92 Å². The molecule has 6 nitrogen and oxygen atoms in total. The molecule has 0 spiro atoms. The summed E-state index contributed by atoms with van der Waals surface area (Å²) in [7, 11) is 3.24. The summed E-state index contributed by atoms with van der Waals surface area (Å²) in [5.74, 6) is 1.21. The molecular formula is C29H25N3O3S. The highest BCUT2D eigenvalue weighted by atomic mass is 32.1. The van der Waals surface area contributed by atoms with Crippen molar-refractivity contribution in [3.05, 3.63) is 89.3 Å². The number of amides is 1. The zero-order valence-electron chi connectivity index (χ0n) is 20.2. The molecule has 0 saturated heterocycles. The molecule has 3 aromatic carbocycles. The lowest BCUT2D eigenvalue weighted by molar-refractivity contribution is 0.103. The number of pyridine rings is 1. The van der Waals surface area contributed by atoms with E-state index in [2.05, 4.69) is 36.5 Å². The Morgan fingerprint density at radius 2 is 1.44 bits per heavy atom. The van der Waals surface area contributed by atoms with E-state index >= 15 is 0 Å². The largest absolute Gasteiger partial charge is 0.497 e. The number of fused-ring (bicyclic) bond motifs is 1. The first kappa shape index (κ1) is 23.4. The van der Waals surface area contributed by atoms with Crippen LogP contribution in [0.15, 0.2) is 78.9 Å². The summed E-state index contributed by atoms with van der Waals surface area (Å²) in [6, 6.07) is 25.2. The zero-order chi connectivity index (χ0) is 25.2. The minimum absolute atomic E-state index is 0.276. The standard InChI is InChI=1S/C29H25N3O3S/c1-17-4-6-18(7-5-17)23-16-24(19-8-12-21(34-2)13-9-19)32-29-25(23)26(30)27(36-29)28(33)31-20-10-14-22(35-3)15-11-20/h4-16H,30H2,1-3H3,(H,31,33).